The van der Waals surface area contributed by atoms with Gasteiger partial charge in [-0.05, 0) is 56.9 Å². The lowest BCUT2D eigenvalue weighted by atomic mass is 9.75. The van der Waals surface area contributed by atoms with Gasteiger partial charge in [0, 0.05) is 63.6 Å². The molecule has 0 bridgehead atoms. The first-order valence-electron chi connectivity index (χ1n) is 13.8. The number of nitrogens with zero attached hydrogens (tertiary/aromatic N) is 5. The molecule has 2 amide bonds. The fraction of sp³-hybridized carbons (Fsp3) is 0.433. The molecule has 10 heteroatoms. The van der Waals surface area contributed by atoms with E-state index in [1.54, 1.807) is 31.6 Å². The van der Waals surface area contributed by atoms with Crippen LogP contribution in [0.25, 0.3) is 0 Å². The van der Waals surface area contributed by atoms with E-state index in [2.05, 4.69) is 20.2 Å². The first kappa shape index (κ1) is 27.4. The predicted octanol–water partition coefficient (Wildman–Crippen LogP) is 2.82. The highest BCUT2D eigenvalue weighted by Gasteiger charge is 2.37. The van der Waals surface area contributed by atoms with Crippen LogP contribution in [0.5, 0.6) is 5.75 Å². The van der Waals surface area contributed by atoms with Gasteiger partial charge >= 0.3 is 0 Å². The molecule has 0 radical (unpaired) electrons. The van der Waals surface area contributed by atoms with Crippen molar-refractivity contribution in [2.45, 2.75) is 32.6 Å². The normalized spacial score (nSPS) is 18.0. The Morgan fingerprint density at radius 1 is 1.00 bits per heavy atom. The SMILES string of the molecule is Cc1nccc(N2CCCC3(CCN(C(=O)c4ccc(=O)n(C)c4)CC3)COc3ccccc3C(=O)NCC2)n1. The van der Waals surface area contributed by atoms with Gasteiger partial charge < -0.3 is 24.4 Å². The van der Waals surface area contributed by atoms with Crippen molar-refractivity contribution in [3.8, 4) is 5.75 Å². The van der Waals surface area contributed by atoms with Crippen molar-refractivity contribution in [3.63, 3.8) is 0 Å². The highest BCUT2D eigenvalue weighted by atomic mass is 16.5. The minimum absolute atomic E-state index is 0.0664. The number of carbonyl (C=O) groups excluding carboxylic acids is 2. The van der Waals surface area contributed by atoms with Crippen LogP contribution in [0.2, 0.25) is 0 Å². The third kappa shape index (κ3) is 6.16. The highest BCUT2D eigenvalue weighted by Crippen LogP contribution is 2.38. The Labute approximate surface area is 234 Å². The van der Waals surface area contributed by atoms with Gasteiger partial charge in [0.1, 0.15) is 17.4 Å². The molecule has 0 saturated carbocycles. The van der Waals surface area contributed by atoms with E-state index in [9.17, 15) is 14.4 Å². The number of ether oxygens (including phenoxy) is 1. The molecule has 1 fully saturated rings. The van der Waals surface area contributed by atoms with Gasteiger partial charge in [-0.15, -0.1) is 0 Å². The van der Waals surface area contributed by atoms with Crippen molar-refractivity contribution < 1.29 is 14.3 Å². The highest BCUT2D eigenvalue weighted by molar-refractivity contribution is 5.97. The number of amides is 2. The third-order valence-electron chi connectivity index (χ3n) is 8.00. The van der Waals surface area contributed by atoms with E-state index in [1.807, 2.05) is 36.1 Å². The summed E-state index contributed by atoms with van der Waals surface area (Å²) in [6.45, 7) is 5.42. The Hall–Kier alpha value is -4.21. The number of pyridine rings is 1. The van der Waals surface area contributed by atoms with Crippen LogP contribution in [-0.2, 0) is 7.05 Å². The zero-order valence-corrected chi connectivity index (χ0v) is 23.1. The molecule has 0 atom stereocenters. The zero-order valence-electron chi connectivity index (χ0n) is 23.1. The summed E-state index contributed by atoms with van der Waals surface area (Å²) in [5.74, 6) is 1.90. The maximum Gasteiger partial charge on any atom is 0.255 e. The van der Waals surface area contributed by atoms with E-state index in [-0.39, 0.29) is 22.8 Å². The van der Waals surface area contributed by atoms with Crippen LogP contribution < -0.4 is 20.5 Å². The number of aryl methyl sites for hydroxylation is 2. The van der Waals surface area contributed by atoms with Crippen LogP contribution in [-0.4, -0.2) is 70.6 Å². The number of hydrogen-bond donors (Lipinski definition) is 1. The van der Waals surface area contributed by atoms with Crippen molar-refractivity contribution in [2.75, 3.05) is 44.2 Å². The van der Waals surface area contributed by atoms with Crippen molar-refractivity contribution >= 4 is 17.6 Å². The first-order chi connectivity index (χ1) is 19.3. The number of anilines is 1. The van der Waals surface area contributed by atoms with Gasteiger partial charge in [-0.2, -0.15) is 0 Å². The van der Waals surface area contributed by atoms with Crippen molar-refractivity contribution in [1.29, 1.82) is 0 Å². The fourth-order valence-corrected chi connectivity index (χ4v) is 5.57. The number of likely N-dealkylation sites (tertiary alicyclic amines) is 1. The van der Waals surface area contributed by atoms with Crippen LogP contribution in [0.3, 0.4) is 0 Å². The molecule has 10 nitrogen and oxygen atoms in total. The molecule has 2 aliphatic heterocycles. The van der Waals surface area contributed by atoms with Crippen LogP contribution in [0.15, 0.2) is 59.7 Å². The minimum atomic E-state index is -0.166. The van der Waals surface area contributed by atoms with Crippen LogP contribution in [0, 0.1) is 12.3 Å². The van der Waals surface area contributed by atoms with E-state index in [0.29, 0.717) is 55.5 Å². The predicted molar refractivity (Wildman–Crippen MR) is 152 cm³/mol. The van der Waals surface area contributed by atoms with Gasteiger partial charge in [-0.25, -0.2) is 9.97 Å². The number of hydrogen-bond acceptors (Lipinski definition) is 7. The average molecular weight is 545 g/mol. The molecule has 4 heterocycles. The van der Waals surface area contributed by atoms with Crippen molar-refractivity contribution in [1.82, 2.24) is 24.8 Å². The molecule has 3 aromatic rings. The number of aromatic nitrogens is 3. The van der Waals surface area contributed by atoms with Crippen LogP contribution >= 0.6 is 0 Å². The lowest BCUT2D eigenvalue weighted by Crippen LogP contribution is -2.46. The second-order valence-corrected chi connectivity index (χ2v) is 10.8. The summed E-state index contributed by atoms with van der Waals surface area (Å²) in [5, 5.41) is 3.03. The molecule has 5 rings (SSSR count). The largest absolute Gasteiger partial charge is 0.492 e. The summed E-state index contributed by atoms with van der Waals surface area (Å²) >= 11 is 0. The molecule has 0 unspecified atom stereocenters. The molecular formula is C30H36N6O4. The van der Waals surface area contributed by atoms with Gasteiger partial charge in [-0.3, -0.25) is 14.4 Å². The molecule has 2 aromatic heterocycles. The molecular weight excluding hydrogens is 508 g/mol. The van der Waals surface area contributed by atoms with E-state index < -0.39 is 0 Å². The van der Waals surface area contributed by atoms with Gasteiger partial charge in [0.15, 0.2) is 0 Å². The van der Waals surface area contributed by atoms with Gasteiger partial charge in [-0.1, -0.05) is 12.1 Å². The second-order valence-electron chi connectivity index (χ2n) is 10.8. The minimum Gasteiger partial charge on any atom is -0.492 e. The molecule has 40 heavy (non-hydrogen) atoms. The Kier molecular flexibility index (Phi) is 8.14. The Morgan fingerprint density at radius 3 is 2.58 bits per heavy atom. The van der Waals surface area contributed by atoms with Gasteiger partial charge in [0.25, 0.3) is 11.8 Å². The Bertz CT molecular complexity index is 1430. The number of fused-ring (bicyclic) bond motifs is 1. The lowest BCUT2D eigenvalue weighted by Gasteiger charge is -2.42. The van der Waals surface area contributed by atoms with E-state index >= 15 is 0 Å². The monoisotopic (exact) mass is 544 g/mol. The number of rotatable bonds is 2. The standard InChI is InChI=1S/C30H36N6O4/c1-22-31-14-10-26(33-22)35-16-5-11-30(21-40-25-7-4-3-6-24(25)28(38)32-15-19-35)12-17-36(18-13-30)29(39)23-8-9-27(37)34(2)20-23/h3-4,6-10,14,20H,5,11-13,15-19,21H2,1-2H3,(H,32,38). The quantitative estimate of drug-likeness (QED) is 0.528. The Morgan fingerprint density at radius 2 is 1.80 bits per heavy atom. The van der Waals surface area contributed by atoms with Gasteiger partial charge in [0.2, 0.25) is 5.56 Å². The van der Waals surface area contributed by atoms with Crippen molar-refractivity contribution in [3.05, 3.63) is 82.2 Å². The van der Waals surface area contributed by atoms with Crippen LogP contribution in [0.4, 0.5) is 5.82 Å². The molecule has 1 spiro atoms. The number of carbonyl (C=O) groups is 2. The average Bonchev–Trinajstić information content (AvgIpc) is 2.97. The second kappa shape index (κ2) is 11.9. The number of benzene rings is 1. The summed E-state index contributed by atoms with van der Waals surface area (Å²) in [6, 6.07) is 12.3. The summed E-state index contributed by atoms with van der Waals surface area (Å²) in [4.78, 5) is 51.0. The number of para-hydroxylation sites is 1. The molecule has 1 N–H and O–H groups in total. The number of nitrogens with one attached hydrogen (secondary N) is 1. The fourth-order valence-electron chi connectivity index (χ4n) is 5.57. The summed E-state index contributed by atoms with van der Waals surface area (Å²) in [7, 11) is 1.65. The van der Waals surface area contributed by atoms with Gasteiger partial charge in [0.05, 0.1) is 17.7 Å². The molecule has 1 saturated heterocycles. The lowest BCUT2D eigenvalue weighted by molar-refractivity contribution is 0.0364. The first-order valence-corrected chi connectivity index (χ1v) is 13.8. The van der Waals surface area contributed by atoms with Crippen molar-refractivity contribution in [2.24, 2.45) is 12.5 Å². The molecule has 2 aliphatic rings. The van der Waals surface area contributed by atoms with E-state index in [0.717, 1.165) is 38.0 Å². The summed E-state index contributed by atoms with van der Waals surface area (Å²) < 4.78 is 7.80. The Balaban J connectivity index is 1.36. The van der Waals surface area contributed by atoms with Crippen LogP contribution in [0.1, 0.15) is 52.2 Å². The molecule has 0 aliphatic carbocycles. The molecule has 210 valence electrons. The number of piperidine rings is 1. The summed E-state index contributed by atoms with van der Waals surface area (Å²) in [6.07, 6.45) is 6.76. The molecule has 1 aromatic carbocycles. The topological polar surface area (TPSA) is 110 Å². The van der Waals surface area contributed by atoms with E-state index in [4.69, 9.17) is 4.74 Å². The summed E-state index contributed by atoms with van der Waals surface area (Å²) in [5.41, 5.74) is 0.740. The third-order valence-corrected chi connectivity index (χ3v) is 8.00. The van der Waals surface area contributed by atoms with E-state index in [1.165, 1.54) is 10.6 Å². The maximum atomic E-state index is 13.2. The zero-order chi connectivity index (χ0) is 28.1. The smallest absolute Gasteiger partial charge is 0.255 e. The maximum absolute atomic E-state index is 13.2.